The van der Waals surface area contributed by atoms with Gasteiger partial charge in [-0.2, -0.15) is 0 Å². The quantitative estimate of drug-likeness (QED) is 0.613. The molecular formula is C8H13NO2. The first-order valence-corrected chi connectivity index (χ1v) is 4.13. The molecule has 3 nitrogen and oxygen atoms in total. The summed E-state index contributed by atoms with van der Waals surface area (Å²) >= 11 is 0. The van der Waals surface area contributed by atoms with E-state index in [1.165, 1.54) is 0 Å². The predicted octanol–water partition coefficient (Wildman–Crippen LogP) is 1.01. The molecule has 0 atom stereocenters. The van der Waals surface area contributed by atoms with Crippen LogP contribution in [0.15, 0.2) is 12.3 Å². The molecule has 0 amide bonds. The van der Waals surface area contributed by atoms with Crippen LogP contribution in [-0.4, -0.2) is 22.5 Å². The van der Waals surface area contributed by atoms with Crippen LogP contribution in [0.4, 0.5) is 0 Å². The van der Waals surface area contributed by atoms with E-state index in [1.807, 2.05) is 12.3 Å². The topological polar surface area (TPSA) is 32.7 Å². The fourth-order valence-electron chi connectivity index (χ4n) is 1.73. The highest BCUT2D eigenvalue weighted by molar-refractivity contribution is 4.93. The van der Waals surface area contributed by atoms with Gasteiger partial charge in [-0.25, -0.2) is 5.06 Å². The third-order valence-corrected chi connectivity index (χ3v) is 2.37. The second-order valence-corrected chi connectivity index (χ2v) is 3.20. The molecule has 1 saturated carbocycles. The van der Waals surface area contributed by atoms with Gasteiger partial charge in [-0.3, -0.25) is 4.84 Å². The van der Waals surface area contributed by atoms with Crippen molar-refractivity contribution in [2.45, 2.75) is 31.4 Å². The number of hydrogen-bond acceptors (Lipinski definition) is 3. The Labute approximate surface area is 66.2 Å². The van der Waals surface area contributed by atoms with Crippen molar-refractivity contribution in [1.29, 1.82) is 0 Å². The Morgan fingerprint density at radius 2 is 2.09 bits per heavy atom. The number of rotatable bonds is 1. The fraction of sp³-hybridized carbons (Fsp3) is 0.750. The van der Waals surface area contributed by atoms with Crippen LogP contribution in [0.5, 0.6) is 0 Å². The van der Waals surface area contributed by atoms with Crippen LogP contribution in [-0.2, 0) is 4.84 Å². The molecule has 2 rings (SSSR count). The van der Waals surface area contributed by atoms with Crippen LogP contribution in [0.1, 0.15) is 25.7 Å². The van der Waals surface area contributed by atoms with Gasteiger partial charge in [0.1, 0.15) is 0 Å². The molecule has 1 aliphatic carbocycles. The fourth-order valence-corrected chi connectivity index (χ4v) is 1.73. The largest absolute Gasteiger partial charge is 0.369 e. The second kappa shape index (κ2) is 2.50. The van der Waals surface area contributed by atoms with Gasteiger partial charge in [-0.15, -0.1) is 0 Å². The van der Waals surface area contributed by atoms with Crippen LogP contribution in [0, 0.1) is 0 Å². The lowest BCUT2D eigenvalue weighted by Gasteiger charge is -2.31. The Hall–Kier alpha value is -0.540. The molecule has 0 aromatic heterocycles. The summed E-state index contributed by atoms with van der Waals surface area (Å²) in [6.07, 6.45) is 7.60. The number of aliphatic hydroxyl groups is 1. The molecule has 1 aliphatic heterocycles. The average Bonchev–Trinajstić information content (AvgIpc) is 2.55. The molecule has 0 aromatic carbocycles. The van der Waals surface area contributed by atoms with Crippen molar-refractivity contribution in [2.75, 3.05) is 6.61 Å². The van der Waals surface area contributed by atoms with Crippen molar-refractivity contribution in [3.8, 4) is 0 Å². The van der Waals surface area contributed by atoms with Gasteiger partial charge in [0, 0.05) is 6.20 Å². The van der Waals surface area contributed by atoms with Crippen molar-refractivity contribution in [3.63, 3.8) is 0 Å². The molecule has 0 spiro atoms. The van der Waals surface area contributed by atoms with Crippen molar-refractivity contribution < 1.29 is 9.94 Å². The minimum absolute atomic E-state index is 0.600. The SMILES string of the molecule is OC1(N2C=CCO2)CCCC1. The van der Waals surface area contributed by atoms with Crippen molar-refractivity contribution in [2.24, 2.45) is 0 Å². The van der Waals surface area contributed by atoms with E-state index in [9.17, 15) is 5.11 Å². The summed E-state index contributed by atoms with van der Waals surface area (Å²) in [7, 11) is 0. The van der Waals surface area contributed by atoms with E-state index in [1.54, 1.807) is 5.06 Å². The maximum Gasteiger partial charge on any atom is 0.161 e. The van der Waals surface area contributed by atoms with E-state index in [4.69, 9.17) is 4.84 Å². The Balaban J connectivity index is 2.06. The number of hydroxylamine groups is 2. The van der Waals surface area contributed by atoms with Gasteiger partial charge in [0.2, 0.25) is 0 Å². The monoisotopic (exact) mass is 155 g/mol. The van der Waals surface area contributed by atoms with Crippen molar-refractivity contribution >= 4 is 0 Å². The lowest BCUT2D eigenvalue weighted by Crippen LogP contribution is -2.41. The summed E-state index contributed by atoms with van der Waals surface area (Å²) in [5.41, 5.74) is -0.701. The van der Waals surface area contributed by atoms with Crippen molar-refractivity contribution in [1.82, 2.24) is 5.06 Å². The van der Waals surface area contributed by atoms with Gasteiger partial charge in [0.25, 0.3) is 0 Å². The molecule has 0 unspecified atom stereocenters. The lowest BCUT2D eigenvalue weighted by atomic mass is 10.2. The Morgan fingerprint density at radius 1 is 1.36 bits per heavy atom. The van der Waals surface area contributed by atoms with Gasteiger partial charge in [-0.05, 0) is 31.8 Å². The second-order valence-electron chi connectivity index (χ2n) is 3.20. The third-order valence-electron chi connectivity index (χ3n) is 2.37. The standard InChI is InChI=1S/C8H13NO2/c10-8(4-1-2-5-8)9-6-3-7-11-9/h3,6,10H,1-2,4-5,7H2. The molecule has 1 heterocycles. The van der Waals surface area contributed by atoms with E-state index in [2.05, 4.69) is 0 Å². The Morgan fingerprint density at radius 3 is 2.64 bits per heavy atom. The average molecular weight is 155 g/mol. The highest BCUT2D eigenvalue weighted by atomic mass is 16.7. The summed E-state index contributed by atoms with van der Waals surface area (Å²) < 4.78 is 0. The van der Waals surface area contributed by atoms with E-state index in [0.717, 1.165) is 25.7 Å². The summed E-state index contributed by atoms with van der Waals surface area (Å²) in [6.45, 7) is 0.600. The molecule has 0 radical (unpaired) electrons. The first-order chi connectivity index (χ1) is 5.31. The lowest BCUT2D eigenvalue weighted by molar-refractivity contribution is -0.245. The molecule has 0 bridgehead atoms. The number of nitrogens with zero attached hydrogens (tertiary/aromatic N) is 1. The molecular weight excluding hydrogens is 142 g/mol. The zero-order valence-corrected chi connectivity index (χ0v) is 6.49. The first-order valence-electron chi connectivity index (χ1n) is 4.13. The Kier molecular flexibility index (Phi) is 1.62. The summed E-state index contributed by atoms with van der Waals surface area (Å²) in [6, 6.07) is 0. The van der Waals surface area contributed by atoms with Crippen molar-refractivity contribution in [3.05, 3.63) is 12.3 Å². The zero-order valence-electron chi connectivity index (χ0n) is 6.49. The molecule has 0 aromatic rings. The normalized spacial score (nSPS) is 28.3. The smallest absolute Gasteiger partial charge is 0.161 e. The molecule has 1 fully saturated rings. The Bertz CT molecular complexity index is 173. The highest BCUT2D eigenvalue weighted by Gasteiger charge is 2.37. The van der Waals surface area contributed by atoms with E-state index in [-0.39, 0.29) is 0 Å². The highest BCUT2D eigenvalue weighted by Crippen LogP contribution is 2.34. The maximum absolute atomic E-state index is 9.94. The van der Waals surface area contributed by atoms with Gasteiger partial charge in [0.05, 0.1) is 6.61 Å². The van der Waals surface area contributed by atoms with Crippen LogP contribution >= 0.6 is 0 Å². The molecule has 62 valence electrons. The van der Waals surface area contributed by atoms with Gasteiger partial charge in [0.15, 0.2) is 5.72 Å². The minimum atomic E-state index is -0.701. The summed E-state index contributed by atoms with van der Waals surface area (Å²) in [4.78, 5) is 5.21. The zero-order chi connectivity index (χ0) is 7.73. The molecule has 2 aliphatic rings. The first kappa shape index (κ1) is 7.13. The van der Waals surface area contributed by atoms with Crippen LogP contribution in [0.25, 0.3) is 0 Å². The van der Waals surface area contributed by atoms with Crippen LogP contribution < -0.4 is 0 Å². The van der Waals surface area contributed by atoms with E-state index in [0.29, 0.717) is 6.61 Å². The third kappa shape index (κ3) is 1.14. The van der Waals surface area contributed by atoms with Crippen LogP contribution in [0.2, 0.25) is 0 Å². The predicted molar refractivity (Wildman–Crippen MR) is 40.3 cm³/mol. The van der Waals surface area contributed by atoms with E-state index < -0.39 is 5.72 Å². The van der Waals surface area contributed by atoms with Gasteiger partial charge >= 0.3 is 0 Å². The van der Waals surface area contributed by atoms with Crippen LogP contribution in [0.3, 0.4) is 0 Å². The molecule has 0 saturated heterocycles. The molecule has 1 N–H and O–H groups in total. The molecule has 11 heavy (non-hydrogen) atoms. The van der Waals surface area contributed by atoms with Gasteiger partial charge in [-0.1, -0.05) is 0 Å². The summed E-state index contributed by atoms with van der Waals surface area (Å²) in [5, 5.41) is 11.5. The maximum atomic E-state index is 9.94. The summed E-state index contributed by atoms with van der Waals surface area (Å²) in [5.74, 6) is 0. The van der Waals surface area contributed by atoms with E-state index >= 15 is 0 Å². The van der Waals surface area contributed by atoms with Gasteiger partial charge < -0.3 is 5.11 Å². The molecule has 3 heteroatoms. The minimum Gasteiger partial charge on any atom is -0.369 e. The number of hydrogen-bond donors (Lipinski definition) is 1.